The summed E-state index contributed by atoms with van der Waals surface area (Å²) in [6.45, 7) is 1.90. The van der Waals surface area contributed by atoms with Gasteiger partial charge in [0.1, 0.15) is 11.9 Å². The number of ether oxygens (including phenoxy) is 4. The van der Waals surface area contributed by atoms with Crippen molar-refractivity contribution in [3.05, 3.63) is 11.8 Å². The summed E-state index contributed by atoms with van der Waals surface area (Å²) in [4.78, 5) is 11.9. The lowest BCUT2D eigenvalue weighted by Gasteiger charge is -2.65. The van der Waals surface area contributed by atoms with Crippen molar-refractivity contribution in [1.29, 1.82) is 0 Å². The minimum atomic E-state index is -2.04. The molecule has 10 nitrogen and oxygen atoms in total. The van der Waals surface area contributed by atoms with Gasteiger partial charge in [-0.15, -0.1) is 0 Å². The summed E-state index contributed by atoms with van der Waals surface area (Å²) >= 11 is 0. The standard InChI is InChI=1S/C29H42O10/c1-26-6-4-18-19(28(26,34)7-5-20(26)21-9-16(32)13-36-21)3-2-15-8-22-23(11-27(15,18)14-31)39-29(35)24(33)10-17(12-30)37-25(29)38-22/h9,15,17-20,22-25,30-31,33-35H,2-8,10-14H2,1H3/t15-,17-,18-,19+,20+,22+,23+,24+,25-,26+,27+,28-,29-/m0/s1. The first-order valence-corrected chi connectivity index (χ1v) is 14.8. The number of ketones is 1. The van der Waals surface area contributed by atoms with Crippen molar-refractivity contribution in [2.75, 3.05) is 19.8 Å². The predicted octanol–water partition coefficient (Wildman–Crippen LogP) is 0.767. The molecule has 7 rings (SSSR count). The quantitative estimate of drug-likeness (QED) is 0.318. The zero-order valence-electron chi connectivity index (χ0n) is 22.5. The van der Waals surface area contributed by atoms with E-state index in [2.05, 4.69) is 6.92 Å². The summed E-state index contributed by atoms with van der Waals surface area (Å²) in [5.41, 5.74) is -1.84. The van der Waals surface area contributed by atoms with Crippen molar-refractivity contribution in [1.82, 2.24) is 0 Å². The molecule has 2 saturated heterocycles. The number of aliphatic hydroxyl groups excluding tert-OH is 3. The highest BCUT2D eigenvalue weighted by atomic mass is 16.8. The number of hydrogen-bond donors (Lipinski definition) is 5. The van der Waals surface area contributed by atoms with E-state index in [0.29, 0.717) is 19.3 Å². The van der Waals surface area contributed by atoms with Crippen LogP contribution in [0.15, 0.2) is 11.8 Å². The van der Waals surface area contributed by atoms with Crippen LogP contribution < -0.4 is 0 Å². The molecule has 0 bridgehead atoms. The maximum Gasteiger partial charge on any atom is 0.245 e. The van der Waals surface area contributed by atoms with Gasteiger partial charge in [-0.3, -0.25) is 4.79 Å². The third-order valence-electron chi connectivity index (χ3n) is 12.3. The second-order valence-electron chi connectivity index (χ2n) is 13.7. The van der Waals surface area contributed by atoms with Crippen LogP contribution in [0.1, 0.15) is 64.7 Å². The molecule has 5 N–H and O–H groups in total. The lowest BCUT2D eigenvalue weighted by atomic mass is 9.42. The Kier molecular flexibility index (Phi) is 6.14. The maximum atomic E-state index is 12.5. The van der Waals surface area contributed by atoms with Crippen LogP contribution in [0, 0.1) is 34.5 Å². The van der Waals surface area contributed by atoms with Crippen molar-refractivity contribution in [2.24, 2.45) is 34.5 Å². The average Bonchev–Trinajstić information content (AvgIpc) is 3.46. The van der Waals surface area contributed by atoms with Gasteiger partial charge in [-0.25, -0.2) is 0 Å². The summed E-state index contributed by atoms with van der Waals surface area (Å²) in [5, 5.41) is 55.1. The topological polar surface area (TPSA) is 155 Å². The summed E-state index contributed by atoms with van der Waals surface area (Å²) in [6, 6.07) is 0. The fourth-order valence-electron chi connectivity index (χ4n) is 10.3. The molecule has 7 aliphatic rings. The highest BCUT2D eigenvalue weighted by molar-refractivity contribution is 5.93. The molecule has 10 heteroatoms. The van der Waals surface area contributed by atoms with E-state index in [1.807, 2.05) is 0 Å². The molecule has 4 aliphatic carbocycles. The van der Waals surface area contributed by atoms with Crippen LogP contribution in [-0.4, -0.2) is 93.2 Å². The van der Waals surface area contributed by atoms with Crippen LogP contribution in [0.2, 0.25) is 0 Å². The SMILES string of the molecule is C[C@]12CC[C@H]3[C@@H](CC[C@H]4C[C@H]5O[C@@H]6O[C@H](CO)C[C@@H](O)[C@]6(O)O[C@@H]5C[C@@]43CO)[C@@]1(O)CC[C@@H]2C1=CC(=O)CO1. The van der Waals surface area contributed by atoms with Gasteiger partial charge in [0.25, 0.3) is 0 Å². The summed E-state index contributed by atoms with van der Waals surface area (Å²) in [5.74, 6) is -1.12. The second-order valence-corrected chi connectivity index (χ2v) is 13.7. The van der Waals surface area contributed by atoms with Gasteiger partial charge in [-0.05, 0) is 69.1 Å². The maximum absolute atomic E-state index is 12.5. The first-order chi connectivity index (χ1) is 18.6. The molecule has 13 atom stereocenters. The van der Waals surface area contributed by atoms with Gasteiger partial charge >= 0.3 is 0 Å². The molecule has 4 saturated carbocycles. The minimum Gasteiger partial charge on any atom is -0.489 e. The predicted molar refractivity (Wildman–Crippen MR) is 134 cm³/mol. The van der Waals surface area contributed by atoms with Gasteiger partial charge in [-0.2, -0.15) is 0 Å². The third kappa shape index (κ3) is 3.52. The van der Waals surface area contributed by atoms with Crippen LogP contribution in [0.3, 0.4) is 0 Å². The summed E-state index contributed by atoms with van der Waals surface area (Å²) in [6.07, 6.45) is 3.43. The average molecular weight is 551 g/mol. The van der Waals surface area contributed by atoms with Crippen molar-refractivity contribution in [2.45, 2.75) is 107 Å². The third-order valence-corrected chi connectivity index (χ3v) is 12.3. The highest BCUT2D eigenvalue weighted by Gasteiger charge is 2.70. The van der Waals surface area contributed by atoms with E-state index in [9.17, 15) is 30.3 Å². The number of carbonyl (C=O) groups is 1. The zero-order valence-corrected chi connectivity index (χ0v) is 22.5. The van der Waals surface area contributed by atoms with Gasteiger partial charge in [0.15, 0.2) is 12.4 Å². The van der Waals surface area contributed by atoms with E-state index in [-0.39, 0.29) is 61.8 Å². The number of carbonyl (C=O) groups excluding carboxylic acids is 1. The lowest BCUT2D eigenvalue weighted by molar-refractivity contribution is -0.460. The van der Waals surface area contributed by atoms with Crippen molar-refractivity contribution < 1.29 is 49.3 Å². The molecule has 39 heavy (non-hydrogen) atoms. The molecule has 218 valence electrons. The Hall–Kier alpha value is -1.11. The molecule has 0 aromatic rings. The number of hydrogen-bond acceptors (Lipinski definition) is 10. The highest BCUT2D eigenvalue weighted by Crippen LogP contribution is 2.70. The van der Waals surface area contributed by atoms with Gasteiger partial charge in [0.05, 0.1) is 30.5 Å². The molecule has 6 fully saturated rings. The summed E-state index contributed by atoms with van der Waals surface area (Å²) < 4.78 is 23.9. The van der Waals surface area contributed by atoms with Crippen LogP contribution in [0.5, 0.6) is 0 Å². The fourth-order valence-corrected chi connectivity index (χ4v) is 10.3. The van der Waals surface area contributed by atoms with E-state index in [1.165, 1.54) is 0 Å². The number of aliphatic hydroxyl groups is 5. The molecule has 0 unspecified atom stereocenters. The Morgan fingerprint density at radius 2 is 1.82 bits per heavy atom. The second kappa shape index (κ2) is 8.94. The largest absolute Gasteiger partial charge is 0.489 e. The monoisotopic (exact) mass is 550 g/mol. The van der Waals surface area contributed by atoms with Gasteiger partial charge in [0, 0.05) is 35.9 Å². The van der Waals surface area contributed by atoms with Crippen molar-refractivity contribution in [3.8, 4) is 0 Å². The van der Waals surface area contributed by atoms with Crippen LogP contribution >= 0.6 is 0 Å². The minimum absolute atomic E-state index is 0.00484. The van der Waals surface area contributed by atoms with Gasteiger partial charge in [0.2, 0.25) is 12.1 Å². The fraction of sp³-hybridized carbons (Fsp3) is 0.897. The molecule has 0 aromatic carbocycles. The molecule has 3 aliphatic heterocycles. The Balaban J connectivity index is 1.17. The van der Waals surface area contributed by atoms with Crippen molar-refractivity contribution in [3.63, 3.8) is 0 Å². The molecule has 0 aromatic heterocycles. The van der Waals surface area contributed by atoms with Crippen molar-refractivity contribution >= 4 is 5.78 Å². The molecule has 3 heterocycles. The molecular formula is C29H42O10. The van der Waals surface area contributed by atoms with Crippen LogP contribution in [0.4, 0.5) is 0 Å². The molecular weight excluding hydrogens is 508 g/mol. The Labute approximate surface area is 228 Å². The van der Waals surface area contributed by atoms with E-state index in [0.717, 1.165) is 37.9 Å². The van der Waals surface area contributed by atoms with Crippen LogP contribution in [0.25, 0.3) is 0 Å². The Morgan fingerprint density at radius 1 is 1.00 bits per heavy atom. The van der Waals surface area contributed by atoms with Crippen LogP contribution in [-0.2, 0) is 23.7 Å². The van der Waals surface area contributed by atoms with E-state index in [1.54, 1.807) is 6.08 Å². The van der Waals surface area contributed by atoms with E-state index >= 15 is 0 Å². The smallest absolute Gasteiger partial charge is 0.245 e. The zero-order chi connectivity index (χ0) is 27.4. The van der Waals surface area contributed by atoms with Gasteiger partial charge < -0.3 is 44.5 Å². The first kappa shape index (κ1) is 26.8. The normalized spacial score (nSPS) is 56.4. The molecule has 0 amide bonds. The van der Waals surface area contributed by atoms with E-state index < -0.39 is 46.8 Å². The van der Waals surface area contributed by atoms with Gasteiger partial charge in [-0.1, -0.05) is 6.92 Å². The van der Waals surface area contributed by atoms with E-state index in [4.69, 9.17) is 18.9 Å². The number of allylic oxidation sites excluding steroid dienone is 1. The Morgan fingerprint density at radius 3 is 2.54 bits per heavy atom. The molecule has 0 spiro atoms. The summed E-state index contributed by atoms with van der Waals surface area (Å²) in [7, 11) is 0. The number of rotatable bonds is 3. The molecule has 0 radical (unpaired) electrons. The first-order valence-electron chi connectivity index (χ1n) is 14.8. The Bertz CT molecular complexity index is 1050. The lowest BCUT2D eigenvalue weighted by Crippen LogP contribution is -2.71. The number of fused-ring (bicyclic) bond motifs is 7.